The number of piperidine rings is 1. The number of rotatable bonds is 6. The van der Waals surface area contributed by atoms with E-state index in [0.717, 1.165) is 32.5 Å². The zero-order valence-electron chi connectivity index (χ0n) is 14.0. The third-order valence-electron chi connectivity index (χ3n) is 4.55. The van der Waals surface area contributed by atoms with Crippen molar-refractivity contribution in [2.24, 2.45) is 5.92 Å². The van der Waals surface area contributed by atoms with E-state index in [1.165, 1.54) is 5.56 Å². The lowest BCUT2D eigenvalue weighted by Gasteiger charge is -2.38. The van der Waals surface area contributed by atoms with Gasteiger partial charge < -0.3 is 10.6 Å². The Bertz CT molecular complexity index is 463. The molecule has 1 heterocycles. The van der Waals surface area contributed by atoms with Crippen LogP contribution in [0.15, 0.2) is 30.3 Å². The Morgan fingerprint density at radius 3 is 2.73 bits per heavy atom. The summed E-state index contributed by atoms with van der Waals surface area (Å²) < 4.78 is 0. The summed E-state index contributed by atoms with van der Waals surface area (Å²) in [5.41, 5.74) is 1.36. The lowest BCUT2D eigenvalue weighted by atomic mass is 9.96. The zero-order chi connectivity index (χ0) is 15.9. The van der Waals surface area contributed by atoms with Crippen molar-refractivity contribution in [2.75, 3.05) is 20.1 Å². The van der Waals surface area contributed by atoms with Gasteiger partial charge in [-0.1, -0.05) is 37.3 Å². The first-order chi connectivity index (χ1) is 10.6. The van der Waals surface area contributed by atoms with Crippen LogP contribution in [0.25, 0.3) is 0 Å². The summed E-state index contributed by atoms with van der Waals surface area (Å²) in [6.07, 6.45) is 2.07. The fourth-order valence-corrected chi connectivity index (χ4v) is 3.15. The lowest BCUT2D eigenvalue weighted by Crippen LogP contribution is -2.50. The number of nitrogens with one attached hydrogen (secondary N) is 2. The first kappa shape index (κ1) is 17.0. The van der Waals surface area contributed by atoms with Gasteiger partial charge in [-0.15, -0.1) is 0 Å². The van der Waals surface area contributed by atoms with E-state index in [1.54, 1.807) is 0 Å². The molecule has 22 heavy (non-hydrogen) atoms. The number of benzene rings is 1. The highest BCUT2D eigenvalue weighted by Crippen LogP contribution is 2.20. The van der Waals surface area contributed by atoms with Crippen LogP contribution in [0.1, 0.15) is 32.3 Å². The summed E-state index contributed by atoms with van der Waals surface area (Å²) in [5.74, 6) is 0.200. The fourth-order valence-electron chi connectivity index (χ4n) is 3.15. The maximum Gasteiger partial charge on any atom is 0.224 e. The Kier molecular flexibility index (Phi) is 6.40. The molecule has 4 heteroatoms. The van der Waals surface area contributed by atoms with Gasteiger partial charge in [0.05, 0.1) is 0 Å². The second kappa shape index (κ2) is 8.30. The molecule has 0 aromatic heterocycles. The van der Waals surface area contributed by atoms with Crippen molar-refractivity contribution in [1.29, 1.82) is 0 Å². The summed E-state index contributed by atoms with van der Waals surface area (Å²) in [7, 11) is 1.88. The van der Waals surface area contributed by atoms with Crippen LogP contribution in [-0.2, 0) is 11.3 Å². The number of carbonyl (C=O) groups excluding carboxylic acids is 1. The van der Waals surface area contributed by atoms with Crippen molar-refractivity contribution in [2.45, 2.75) is 45.3 Å². The fraction of sp³-hybridized carbons (Fsp3) is 0.611. The molecule has 0 bridgehead atoms. The first-order valence-corrected chi connectivity index (χ1v) is 8.33. The van der Waals surface area contributed by atoms with Crippen LogP contribution in [0.5, 0.6) is 0 Å². The molecule has 0 spiro atoms. The molecule has 2 N–H and O–H groups in total. The smallest absolute Gasteiger partial charge is 0.224 e. The standard InChI is InChI=1S/C18H29N3O/c1-14(12-19-3)18(22)20-17-9-10-21(15(2)11-17)13-16-7-5-4-6-8-16/h4-8,14-15,17,19H,9-13H2,1-3H3,(H,20,22). The third-order valence-corrected chi connectivity index (χ3v) is 4.55. The average Bonchev–Trinajstić information content (AvgIpc) is 2.51. The highest BCUT2D eigenvalue weighted by atomic mass is 16.1. The van der Waals surface area contributed by atoms with E-state index in [-0.39, 0.29) is 11.8 Å². The Hall–Kier alpha value is -1.39. The minimum absolute atomic E-state index is 0.0302. The predicted octanol–water partition coefficient (Wildman–Crippen LogP) is 2.01. The molecule has 1 aliphatic heterocycles. The molecule has 4 nitrogen and oxygen atoms in total. The summed E-state index contributed by atoms with van der Waals surface area (Å²) in [6, 6.07) is 11.4. The maximum absolute atomic E-state index is 12.1. The van der Waals surface area contributed by atoms with Crippen LogP contribution in [0, 0.1) is 5.92 Å². The van der Waals surface area contributed by atoms with Crippen LogP contribution in [0.3, 0.4) is 0 Å². The number of nitrogens with zero attached hydrogens (tertiary/aromatic N) is 1. The largest absolute Gasteiger partial charge is 0.353 e. The van der Waals surface area contributed by atoms with Gasteiger partial charge in [0.15, 0.2) is 0 Å². The topological polar surface area (TPSA) is 44.4 Å². The van der Waals surface area contributed by atoms with Gasteiger partial charge in [-0.25, -0.2) is 0 Å². The van der Waals surface area contributed by atoms with E-state index in [0.29, 0.717) is 12.1 Å². The number of likely N-dealkylation sites (tertiary alicyclic amines) is 1. The summed E-state index contributed by atoms with van der Waals surface area (Å²) in [6.45, 7) is 7.01. The number of hydrogen-bond acceptors (Lipinski definition) is 3. The van der Waals surface area contributed by atoms with Crippen LogP contribution in [-0.4, -0.2) is 43.0 Å². The normalized spacial score (nSPS) is 24.0. The van der Waals surface area contributed by atoms with Gasteiger partial charge in [0, 0.05) is 37.6 Å². The SMILES string of the molecule is CNCC(C)C(=O)NC1CCN(Cc2ccccc2)C(C)C1. The molecule has 1 aromatic rings. The molecule has 1 amide bonds. The van der Waals surface area contributed by atoms with Gasteiger partial charge in [-0.05, 0) is 32.4 Å². The van der Waals surface area contributed by atoms with E-state index < -0.39 is 0 Å². The van der Waals surface area contributed by atoms with Crippen molar-refractivity contribution < 1.29 is 4.79 Å². The van der Waals surface area contributed by atoms with Crippen LogP contribution in [0.4, 0.5) is 0 Å². The van der Waals surface area contributed by atoms with Gasteiger partial charge in [-0.2, -0.15) is 0 Å². The molecule has 0 aliphatic carbocycles. The van der Waals surface area contributed by atoms with Crippen molar-refractivity contribution in [3.63, 3.8) is 0 Å². The number of carbonyl (C=O) groups is 1. The molecular weight excluding hydrogens is 274 g/mol. The van der Waals surface area contributed by atoms with Crippen molar-refractivity contribution >= 4 is 5.91 Å². The highest BCUT2D eigenvalue weighted by molar-refractivity contribution is 5.78. The molecule has 122 valence electrons. The van der Waals surface area contributed by atoms with Crippen molar-refractivity contribution in [3.05, 3.63) is 35.9 Å². The van der Waals surface area contributed by atoms with Crippen molar-refractivity contribution in [1.82, 2.24) is 15.5 Å². The Balaban J connectivity index is 1.81. The molecule has 0 saturated carbocycles. The van der Waals surface area contributed by atoms with E-state index in [1.807, 2.05) is 14.0 Å². The molecule has 1 aliphatic rings. The van der Waals surface area contributed by atoms with E-state index in [4.69, 9.17) is 0 Å². The van der Waals surface area contributed by atoms with E-state index in [2.05, 4.69) is 52.8 Å². The van der Waals surface area contributed by atoms with Crippen LogP contribution in [0.2, 0.25) is 0 Å². The Morgan fingerprint density at radius 2 is 2.09 bits per heavy atom. The maximum atomic E-state index is 12.1. The van der Waals surface area contributed by atoms with E-state index >= 15 is 0 Å². The molecule has 3 unspecified atom stereocenters. The average molecular weight is 303 g/mol. The number of amides is 1. The second-order valence-corrected chi connectivity index (χ2v) is 6.49. The van der Waals surface area contributed by atoms with Gasteiger partial charge in [0.25, 0.3) is 0 Å². The van der Waals surface area contributed by atoms with Crippen LogP contribution >= 0.6 is 0 Å². The lowest BCUT2D eigenvalue weighted by molar-refractivity contribution is -0.125. The van der Waals surface area contributed by atoms with Gasteiger partial charge in [0.1, 0.15) is 0 Å². The molecule has 1 aromatic carbocycles. The molecule has 2 rings (SSSR count). The Morgan fingerprint density at radius 1 is 1.36 bits per heavy atom. The second-order valence-electron chi connectivity index (χ2n) is 6.49. The predicted molar refractivity (Wildman–Crippen MR) is 90.6 cm³/mol. The quantitative estimate of drug-likeness (QED) is 0.845. The monoisotopic (exact) mass is 303 g/mol. The van der Waals surface area contributed by atoms with Gasteiger partial charge >= 0.3 is 0 Å². The third kappa shape index (κ3) is 4.82. The molecule has 3 atom stereocenters. The molecular formula is C18H29N3O. The van der Waals surface area contributed by atoms with Gasteiger partial charge in [-0.3, -0.25) is 9.69 Å². The summed E-state index contributed by atoms with van der Waals surface area (Å²) in [5, 5.41) is 6.27. The first-order valence-electron chi connectivity index (χ1n) is 8.33. The molecule has 1 fully saturated rings. The summed E-state index contributed by atoms with van der Waals surface area (Å²) >= 11 is 0. The van der Waals surface area contributed by atoms with E-state index in [9.17, 15) is 4.79 Å². The minimum Gasteiger partial charge on any atom is -0.353 e. The zero-order valence-corrected chi connectivity index (χ0v) is 14.0. The minimum atomic E-state index is 0.0302. The Labute approximate surface area is 134 Å². The van der Waals surface area contributed by atoms with Crippen LogP contribution < -0.4 is 10.6 Å². The molecule has 0 radical (unpaired) electrons. The highest BCUT2D eigenvalue weighted by Gasteiger charge is 2.27. The van der Waals surface area contributed by atoms with Crippen molar-refractivity contribution in [3.8, 4) is 0 Å². The van der Waals surface area contributed by atoms with Gasteiger partial charge in [0.2, 0.25) is 5.91 Å². The number of hydrogen-bond donors (Lipinski definition) is 2. The summed E-state index contributed by atoms with van der Waals surface area (Å²) in [4.78, 5) is 14.6. The molecule has 1 saturated heterocycles.